The first-order valence-corrected chi connectivity index (χ1v) is 10.9. The molecule has 0 atom stereocenters. The van der Waals surface area contributed by atoms with Crippen LogP contribution in [0.4, 0.5) is 0 Å². The third kappa shape index (κ3) is 5.46. The van der Waals surface area contributed by atoms with Gasteiger partial charge in [0, 0.05) is 56.8 Å². The predicted molar refractivity (Wildman–Crippen MR) is 123 cm³/mol. The number of benzene rings is 2. The van der Waals surface area contributed by atoms with Gasteiger partial charge in [-0.3, -0.25) is 14.4 Å². The van der Waals surface area contributed by atoms with Crippen molar-refractivity contribution in [3.8, 4) is 5.75 Å². The molecule has 1 fully saturated rings. The molecular weight excluding hydrogens is 406 g/mol. The molecule has 170 valence electrons. The molecule has 7 heteroatoms. The molecule has 7 nitrogen and oxygen atoms in total. The summed E-state index contributed by atoms with van der Waals surface area (Å²) < 4.78 is 5.20. The van der Waals surface area contributed by atoms with Gasteiger partial charge in [0.25, 0.3) is 11.8 Å². The molecule has 32 heavy (non-hydrogen) atoms. The summed E-state index contributed by atoms with van der Waals surface area (Å²) in [5.74, 6) is 0.590. The topological polar surface area (TPSA) is 70.2 Å². The van der Waals surface area contributed by atoms with Crippen LogP contribution in [0.2, 0.25) is 0 Å². The number of nitrogens with zero attached hydrogens (tertiary/aromatic N) is 3. The molecule has 0 unspecified atom stereocenters. The van der Waals surface area contributed by atoms with Crippen LogP contribution in [0, 0.1) is 5.92 Å². The van der Waals surface area contributed by atoms with E-state index in [1.165, 1.54) is 0 Å². The van der Waals surface area contributed by atoms with Crippen molar-refractivity contribution in [3.05, 3.63) is 65.2 Å². The lowest BCUT2D eigenvalue weighted by atomic mass is 10.1. The van der Waals surface area contributed by atoms with Crippen LogP contribution in [0.3, 0.4) is 0 Å². The molecule has 0 aromatic heterocycles. The van der Waals surface area contributed by atoms with Crippen molar-refractivity contribution in [3.63, 3.8) is 0 Å². The Bertz CT molecular complexity index is 963. The number of piperazine rings is 1. The number of hydrogen-bond donors (Lipinski definition) is 0. The third-order valence-corrected chi connectivity index (χ3v) is 5.66. The van der Waals surface area contributed by atoms with E-state index in [2.05, 4.69) is 0 Å². The van der Waals surface area contributed by atoms with Crippen LogP contribution in [0.15, 0.2) is 48.5 Å². The first-order chi connectivity index (χ1) is 15.3. The summed E-state index contributed by atoms with van der Waals surface area (Å²) in [5, 5.41) is 0. The molecule has 2 aromatic rings. The Kier molecular flexibility index (Phi) is 7.51. The average Bonchev–Trinajstić information content (AvgIpc) is 2.83. The number of hydrogen-bond acceptors (Lipinski definition) is 4. The monoisotopic (exact) mass is 437 g/mol. The minimum Gasteiger partial charge on any atom is -0.497 e. The third-order valence-electron chi connectivity index (χ3n) is 5.66. The van der Waals surface area contributed by atoms with Crippen LogP contribution in [0.5, 0.6) is 5.75 Å². The predicted octanol–water partition coefficient (Wildman–Crippen LogP) is 2.91. The Morgan fingerprint density at radius 1 is 0.906 bits per heavy atom. The Morgan fingerprint density at radius 3 is 2.00 bits per heavy atom. The largest absolute Gasteiger partial charge is 0.497 e. The van der Waals surface area contributed by atoms with Crippen LogP contribution in [0.25, 0.3) is 0 Å². The fourth-order valence-electron chi connectivity index (χ4n) is 3.78. The molecule has 0 saturated carbocycles. The molecule has 1 aliphatic rings. The Hall–Kier alpha value is -3.35. The second-order valence-electron chi connectivity index (χ2n) is 8.36. The quantitative estimate of drug-likeness (QED) is 0.697. The Balaban J connectivity index is 1.56. The number of carbonyl (C=O) groups excluding carboxylic acids is 3. The Morgan fingerprint density at radius 2 is 1.47 bits per heavy atom. The zero-order valence-corrected chi connectivity index (χ0v) is 19.2. The molecule has 0 spiro atoms. The molecule has 3 amide bonds. The molecule has 0 radical (unpaired) electrons. The fourth-order valence-corrected chi connectivity index (χ4v) is 3.78. The van der Waals surface area contributed by atoms with Crippen molar-refractivity contribution in [1.82, 2.24) is 14.7 Å². The zero-order chi connectivity index (χ0) is 23.3. The van der Waals surface area contributed by atoms with E-state index in [1.54, 1.807) is 65.3 Å². The highest BCUT2D eigenvalue weighted by atomic mass is 16.5. The zero-order valence-electron chi connectivity index (χ0n) is 19.2. The van der Waals surface area contributed by atoms with Crippen molar-refractivity contribution < 1.29 is 19.1 Å². The van der Waals surface area contributed by atoms with Gasteiger partial charge in [0.15, 0.2) is 0 Å². The van der Waals surface area contributed by atoms with Gasteiger partial charge < -0.3 is 19.4 Å². The highest BCUT2D eigenvalue weighted by Crippen LogP contribution is 2.17. The first kappa shape index (κ1) is 23.3. The summed E-state index contributed by atoms with van der Waals surface area (Å²) in [5.41, 5.74) is 2.17. The molecule has 0 N–H and O–H groups in total. The van der Waals surface area contributed by atoms with Crippen molar-refractivity contribution >= 4 is 17.7 Å². The van der Waals surface area contributed by atoms with Crippen LogP contribution in [-0.2, 0) is 11.3 Å². The summed E-state index contributed by atoms with van der Waals surface area (Å²) in [7, 11) is 3.36. The lowest BCUT2D eigenvalue weighted by Gasteiger charge is -2.35. The highest BCUT2D eigenvalue weighted by Gasteiger charge is 2.25. The lowest BCUT2D eigenvalue weighted by Crippen LogP contribution is -2.50. The number of rotatable bonds is 6. The maximum atomic E-state index is 12.9. The second kappa shape index (κ2) is 10.3. The number of ether oxygens (including phenoxy) is 1. The van der Waals surface area contributed by atoms with Gasteiger partial charge in [-0.05, 0) is 35.9 Å². The van der Waals surface area contributed by atoms with E-state index in [4.69, 9.17) is 4.74 Å². The van der Waals surface area contributed by atoms with Crippen LogP contribution < -0.4 is 4.74 Å². The SMILES string of the molecule is COc1cccc(C(=O)N2CCN(C(=O)c3ccc(CN(C)C(=O)C(C)C)cc3)CC2)c1. The maximum Gasteiger partial charge on any atom is 0.254 e. The van der Waals surface area contributed by atoms with E-state index in [0.717, 1.165) is 5.56 Å². The average molecular weight is 438 g/mol. The van der Waals surface area contributed by atoms with Gasteiger partial charge >= 0.3 is 0 Å². The van der Waals surface area contributed by atoms with E-state index in [9.17, 15) is 14.4 Å². The molecule has 0 bridgehead atoms. The summed E-state index contributed by atoms with van der Waals surface area (Å²) >= 11 is 0. The second-order valence-corrected chi connectivity index (χ2v) is 8.36. The first-order valence-electron chi connectivity index (χ1n) is 10.9. The number of amides is 3. The van der Waals surface area contributed by atoms with E-state index in [1.807, 2.05) is 26.0 Å². The normalized spacial score (nSPS) is 13.8. The molecular formula is C25H31N3O4. The van der Waals surface area contributed by atoms with Crippen molar-refractivity contribution in [2.45, 2.75) is 20.4 Å². The lowest BCUT2D eigenvalue weighted by molar-refractivity contribution is -0.133. The molecule has 0 aliphatic carbocycles. The molecule has 1 heterocycles. The highest BCUT2D eigenvalue weighted by molar-refractivity contribution is 5.96. The van der Waals surface area contributed by atoms with E-state index in [0.29, 0.717) is 49.6 Å². The van der Waals surface area contributed by atoms with Gasteiger partial charge in [-0.15, -0.1) is 0 Å². The summed E-state index contributed by atoms with van der Waals surface area (Å²) in [4.78, 5) is 43.0. The fraction of sp³-hybridized carbons (Fsp3) is 0.400. The molecule has 2 aromatic carbocycles. The molecule has 3 rings (SSSR count). The van der Waals surface area contributed by atoms with Gasteiger partial charge in [0.1, 0.15) is 5.75 Å². The summed E-state index contributed by atoms with van der Waals surface area (Å²) in [6.07, 6.45) is 0. The van der Waals surface area contributed by atoms with Gasteiger partial charge in [-0.25, -0.2) is 0 Å². The molecule has 1 aliphatic heterocycles. The number of methoxy groups -OCH3 is 1. The van der Waals surface area contributed by atoms with E-state index in [-0.39, 0.29) is 23.6 Å². The molecule has 1 saturated heterocycles. The Labute approximate surface area is 189 Å². The van der Waals surface area contributed by atoms with Gasteiger partial charge in [-0.1, -0.05) is 32.0 Å². The van der Waals surface area contributed by atoms with Crippen LogP contribution in [-0.4, -0.2) is 72.8 Å². The van der Waals surface area contributed by atoms with Crippen LogP contribution >= 0.6 is 0 Å². The van der Waals surface area contributed by atoms with Crippen molar-refractivity contribution in [1.29, 1.82) is 0 Å². The summed E-state index contributed by atoms with van der Waals surface area (Å²) in [6, 6.07) is 14.5. The standard InChI is InChI=1S/C25H31N3O4/c1-18(2)23(29)26(3)17-19-8-10-20(11-9-19)24(30)27-12-14-28(15-13-27)25(31)21-6-5-7-22(16-21)32-4/h5-11,16,18H,12-15,17H2,1-4H3. The van der Waals surface area contributed by atoms with Crippen molar-refractivity contribution in [2.24, 2.45) is 5.92 Å². The minimum absolute atomic E-state index is 0.0448. The smallest absolute Gasteiger partial charge is 0.254 e. The van der Waals surface area contributed by atoms with Crippen LogP contribution in [0.1, 0.15) is 40.1 Å². The van der Waals surface area contributed by atoms with Crippen molar-refractivity contribution in [2.75, 3.05) is 40.3 Å². The maximum absolute atomic E-state index is 12.9. The van der Waals surface area contributed by atoms with Gasteiger partial charge in [-0.2, -0.15) is 0 Å². The minimum atomic E-state index is -0.0552. The number of carbonyl (C=O) groups is 3. The summed E-state index contributed by atoms with van der Waals surface area (Å²) in [6.45, 7) is 6.22. The van der Waals surface area contributed by atoms with Gasteiger partial charge in [0.2, 0.25) is 5.91 Å². The van der Waals surface area contributed by atoms with E-state index < -0.39 is 0 Å². The van der Waals surface area contributed by atoms with E-state index >= 15 is 0 Å². The van der Waals surface area contributed by atoms with Gasteiger partial charge in [0.05, 0.1) is 7.11 Å².